The van der Waals surface area contributed by atoms with Crippen molar-refractivity contribution in [3.63, 3.8) is 0 Å². The summed E-state index contributed by atoms with van der Waals surface area (Å²) in [5.41, 5.74) is 7.06. The van der Waals surface area contributed by atoms with Crippen LogP contribution >= 0.6 is 12.2 Å². The number of benzene rings is 2. The minimum absolute atomic E-state index is 0.209. The van der Waals surface area contributed by atoms with Gasteiger partial charge in [0.15, 0.2) is 5.11 Å². The Hall–Kier alpha value is -2.92. The molecule has 2 aromatic carbocycles. The molecule has 5 heteroatoms. The van der Waals surface area contributed by atoms with Gasteiger partial charge in [0.25, 0.3) is 0 Å². The van der Waals surface area contributed by atoms with E-state index in [-0.39, 0.29) is 6.04 Å². The van der Waals surface area contributed by atoms with E-state index >= 15 is 0 Å². The lowest BCUT2D eigenvalue weighted by Gasteiger charge is -2.17. The smallest absolute Gasteiger partial charge is 0.171 e. The number of nitrogens with one attached hydrogen (secondary N) is 2. The molecule has 160 valence electrons. The van der Waals surface area contributed by atoms with Gasteiger partial charge in [0.1, 0.15) is 0 Å². The summed E-state index contributed by atoms with van der Waals surface area (Å²) < 4.78 is 2.07. The molecule has 3 aromatic rings. The van der Waals surface area contributed by atoms with Crippen LogP contribution in [0.25, 0.3) is 5.69 Å². The Morgan fingerprint density at radius 1 is 1.03 bits per heavy atom. The van der Waals surface area contributed by atoms with E-state index in [1.807, 2.05) is 30.3 Å². The standard InChI is InChI=1S/C26H30N4S/c1-17(2)20-11-14-24(15-12-20)30-19(4)25(18(3)29-30)21-10-13-23(16-21)28-26(31)27-22-8-6-5-7-9-22/h5-15,17,21,23H,16H2,1-4H3,(H2,27,28,31)/t21-,23-/m1/s1. The van der Waals surface area contributed by atoms with Crippen molar-refractivity contribution in [1.82, 2.24) is 15.1 Å². The molecule has 0 aliphatic heterocycles. The molecular weight excluding hydrogens is 400 g/mol. The molecule has 4 nitrogen and oxygen atoms in total. The van der Waals surface area contributed by atoms with Crippen molar-refractivity contribution in [3.05, 3.63) is 89.3 Å². The summed E-state index contributed by atoms with van der Waals surface area (Å²) in [7, 11) is 0. The van der Waals surface area contributed by atoms with Gasteiger partial charge in [-0.05, 0) is 68.2 Å². The Bertz CT molecular complexity index is 1080. The molecule has 2 N–H and O–H groups in total. The van der Waals surface area contributed by atoms with Crippen molar-refractivity contribution >= 4 is 23.0 Å². The molecule has 0 fully saturated rings. The maximum Gasteiger partial charge on any atom is 0.171 e. The molecule has 0 spiro atoms. The second-order valence-corrected chi connectivity index (χ2v) is 8.95. The largest absolute Gasteiger partial charge is 0.356 e. The van der Waals surface area contributed by atoms with Crippen LogP contribution in [0.4, 0.5) is 5.69 Å². The highest BCUT2D eigenvalue weighted by Gasteiger charge is 2.26. The van der Waals surface area contributed by atoms with Crippen molar-refractivity contribution < 1.29 is 0 Å². The van der Waals surface area contributed by atoms with E-state index in [4.69, 9.17) is 17.3 Å². The van der Waals surface area contributed by atoms with E-state index in [1.165, 1.54) is 16.8 Å². The number of hydrogen-bond acceptors (Lipinski definition) is 2. The first-order chi connectivity index (χ1) is 14.9. The predicted octanol–water partition coefficient (Wildman–Crippen LogP) is 6.01. The van der Waals surface area contributed by atoms with Gasteiger partial charge in [-0.1, -0.05) is 56.3 Å². The van der Waals surface area contributed by atoms with Gasteiger partial charge >= 0.3 is 0 Å². The minimum atomic E-state index is 0.209. The first kappa shape index (κ1) is 21.3. The zero-order valence-corrected chi connectivity index (χ0v) is 19.4. The number of rotatable bonds is 5. The summed E-state index contributed by atoms with van der Waals surface area (Å²) in [6, 6.07) is 19.0. The first-order valence-corrected chi connectivity index (χ1v) is 11.3. The Morgan fingerprint density at radius 2 is 1.74 bits per heavy atom. The molecule has 1 aliphatic rings. The van der Waals surface area contributed by atoms with Gasteiger partial charge in [0, 0.05) is 28.9 Å². The molecule has 1 aromatic heterocycles. The molecule has 31 heavy (non-hydrogen) atoms. The van der Waals surface area contributed by atoms with Crippen LogP contribution in [0, 0.1) is 13.8 Å². The third kappa shape index (κ3) is 4.72. The zero-order chi connectivity index (χ0) is 22.0. The Labute approximate surface area is 190 Å². The molecule has 0 bridgehead atoms. The molecule has 4 rings (SSSR count). The number of hydrogen-bond donors (Lipinski definition) is 2. The fourth-order valence-electron chi connectivity index (χ4n) is 4.32. The monoisotopic (exact) mass is 430 g/mol. The number of aryl methyl sites for hydroxylation is 1. The summed E-state index contributed by atoms with van der Waals surface area (Å²) in [6.45, 7) is 8.71. The van der Waals surface area contributed by atoms with Crippen molar-refractivity contribution in [1.29, 1.82) is 0 Å². The number of allylic oxidation sites excluding steroid dienone is 1. The molecule has 0 amide bonds. The van der Waals surface area contributed by atoms with Crippen LogP contribution in [0.5, 0.6) is 0 Å². The van der Waals surface area contributed by atoms with Crippen molar-refractivity contribution in [3.8, 4) is 5.69 Å². The van der Waals surface area contributed by atoms with Crippen LogP contribution in [0.15, 0.2) is 66.7 Å². The van der Waals surface area contributed by atoms with Gasteiger partial charge in [0.2, 0.25) is 0 Å². The van der Waals surface area contributed by atoms with Gasteiger partial charge in [-0.3, -0.25) is 0 Å². The maximum atomic E-state index is 5.50. The predicted molar refractivity (Wildman–Crippen MR) is 133 cm³/mol. The molecule has 0 radical (unpaired) electrons. The van der Waals surface area contributed by atoms with Gasteiger partial charge in [-0.25, -0.2) is 4.68 Å². The summed E-state index contributed by atoms with van der Waals surface area (Å²) in [5.74, 6) is 0.862. The van der Waals surface area contributed by atoms with Crippen molar-refractivity contribution in [2.24, 2.45) is 0 Å². The van der Waals surface area contributed by atoms with Crippen LogP contribution in [0.2, 0.25) is 0 Å². The van der Waals surface area contributed by atoms with Crippen LogP contribution in [-0.4, -0.2) is 20.9 Å². The van der Waals surface area contributed by atoms with Crippen LogP contribution in [0.1, 0.15) is 54.6 Å². The Kier molecular flexibility index (Phi) is 6.23. The van der Waals surface area contributed by atoms with Crippen LogP contribution in [0.3, 0.4) is 0 Å². The highest BCUT2D eigenvalue weighted by atomic mass is 32.1. The summed E-state index contributed by atoms with van der Waals surface area (Å²) in [5, 5.41) is 12.2. The Balaban J connectivity index is 1.45. The molecule has 1 aliphatic carbocycles. The molecule has 2 atom stereocenters. The first-order valence-electron chi connectivity index (χ1n) is 10.9. The molecule has 0 saturated heterocycles. The van der Waals surface area contributed by atoms with Gasteiger partial charge in [0.05, 0.1) is 11.4 Å². The van der Waals surface area contributed by atoms with Gasteiger partial charge in [-0.15, -0.1) is 0 Å². The highest BCUT2D eigenvalue weighted by Crippen LogP contribution is 2.34. The van der Waals surface area contributed by atoms with Crippen molar-refractivity contribution in [2.75, 3.05) is 5.32 Å². The fraction of sp³-hybridized carbons (Fsp3) is 0.308. The third-order valence-electron chi connectivity index (χ3n) is 5.95. The molecule has 1 heterocycles. The van der Waals surface area contributed by atoms with Gasteiger partial charge < -0.3 is 10.6 Å². The summed E-state index contributed by atoms with van der Waals surface area (Å²) >= 11 is 5.50. The van der Waals surface area contributed by atoms with Crippen molar-refractivity contribution in [2.45, 2.75) is 52.0 Å². The topological polar surface area (TPSA) is 41.9 Å². The summed E-state index contributed by atoms with van der Waals surface area (Å²) in [4.78, 5) is 0. The second-order valence-electron chi connectivity index (χ2n) is 8.54. The number of anilines is 1. The zero-order valence-electron chi connectivity index (χ0n) is 18.6. The van der Waals surface area contributed by atoms with Crippen LogP contribution < -0.4 is 10.6 Å². The second kappa shape index (κ2) is 9.06. The fourth-order valence-corrected chi connectivity index (χ4v) is 4.59. The Morgan fingerprint density at radius 3 is 2.42 bits per heavy atom. The lowest BCUT2D eigenvalue weighted by Crippen LogP contribution is -2.35. The highest BCUT2D eigenvalue weighted by molar-refractivity contribution is 7.80. The van der Waals surface area contributed by atoms with E-state index in [1.54, 1.807) is 0 Å². The van der Waals surface area contributed by atoms with E-state index in [0.29, 0.717) is 16.9 Å². The number of aromatic nitrogens is 2. The average Bonchev–Trinajstić information content (AvgIpc) is 3.32. The van der Waals surface area contributed by atoms with E-state index in [9.17, 15) is 0 Å². The minimum Gasteiger partial charge on any atom is -0.356 e. The lowest BCUT2D eigenvalue weighted by molar-refractivity contribution is 0.656. The average molecular weight is 431 g/mol. The maximum absolute atomic E-state index is 5.50. The van der Waals surface area contributed by atoms with Crippen LogP contribution in [-0.2, 0) is 0 Å². The molecule has 0 unspecified atom stereocenters. The van der Waals surface area contributed by atoms with E-state index in [0.717, 1.165) is 23.5 Å². The van der Waals surface area contributed by atoms with Gasteiger partial charge in [-0.2, -0.15) is 5.10 Å². The lowest BCUT2D eigenvalue weighted by atomic mass is 9.96. The number of para-hydroxylation sites is 1. The number of nitrogens with zero attached hydrogens (tertiary/aromatic N) is 2. The quantitative estimate of drug-likeness (QED) is 0.384. The molecular formula is C26H30N4S. The SMILES string of the molecule is Cc1nn(-c2ccc(C(C)C)cc2)c(C)c1[C@@H]1C=C[C@@H](NC(=S)Nc2ccccc2)C1. The number of thiocarbonyl (C=S) groups is 1. The molecule has 0 saturated carbocycles. The summed E-state index contributed by atoms with van der Waals surface area (Å²) in [6.07, 6.45) is 5.47. The van der Waals surface area contributed by atoms with E-state index < -0.39 is 0 Å². The van der Waals surface area contributed by atoms with E-state index in [2.05, 4.69) is 79.4 Å². The third-order valence-corrected chi connectivity index (χ3v) is 6.17. The normalized spacial score (nSPS) is 17.8.